The molecule has 0 N–H and O–H groups in total. The largest absolute Gasteiger partial charge is 1.00 e. The average molecular weight is 469 g/mol. The molecule has 2 unspecified atom stereocenters. The van der Waals surface area contributed by atoms with E-state index in [1.165, 1.54) is 16.8 Å². The van der Waals surface area contributed by atoms with Crippen LogP contribution in [0.15, 0.2) is 91.0 Å². The van der Waals surface area contributed by atoms with Gasteiger partial charge in [0.2, 0.25) is 0 Å². The number of rotatable bonds is 5. The van der Waals surface area contributed by atoms with E-state index in [2.05, 4.69) is 108 Å². The van der Waals surface area contributed by atoms with Crippen molar-refractivity contribution >= 4 is 5.69 Å². The van der Waals surface area contributed by atoms with Crippen molar-refractivity contribution < 1.29 is 24.0 Å². The third-order valence-electron chi connectivity index (χ3n) is 5.23. The third kappa shape index (κ3) is 4.19. The first kappa shape index (κ1) is 19.9. The summed E-state index contributed by atoms with van der Waals surface area (Å²) < 4.78 is 0. The summed E-state index contributed by atoms with van der Waals surface area (Å²) >= 11 is 0. The van der Waals surface area contributed by atoms with Crippen LogP contribution in [-0.2, 0) is 0 Å². The maximum atomic E-state index is 2.66. The van der Waals surface area contributed by atoms with Gasteiger partial charge in [0.25, 0.3) is 0 Å². The molecule has 3 aromatic rings. The quantitative estimate of drug-likeness (QED) is 0.531. The Morgan fingerprint density at radius 3 is 1.81 bits per heavy atom. The Morgan fingerprint density at radius 1 is 0.741 bits per heavy atom. The van der Waals surface area contributed by atoms with Crippen molar-refractivity contribution in [1.82, 2.24) is 4.90 Å². The standard InChI is InChI=1S/C24H26N2.HI/c1-2-18-25-23(20-12-6-3-7-13-20)19-26(22-16-10-5-11-17-22)24(25)21-14-8-4-9-15-21;/h3-17,23-24H,2,18-19H2,1H3;1H/p-1. The van der Waals surface area contributed by atoms with Crippen LogP contribution in [0.5, 0.6) is 0 Å². The monoisotopic (exact) mass is 469 g/mol. The molecule has 0 bridgehead atoms. The lowest BCUT2D eigenvalue weighted by molar-refractivity contribution is -0.00000517. The van der Waals surface area contributed by atoms with E-state index in [9.17, 15) is 0 Å². The highest BCUT2D eigenvalue weighted by atomic mass is 127. The van der Waals surface area contributed by atoms with Crippen molar-refractivity contribution in [3.8, 4) is 0 Å². The molecule has 4 rings (SSSR count). The molecule has 0 aromatic heterocycles. The van der Waals surface area contributed by atoms with E-state index in [-0.39, 0.29) is 30.1 Å². The first-order valence-electron chi connectivity index (χ1n) is 9.56. The molecular weight excluding hydrogens is 443 g/mol. The summed E-state index contributed by atoms with van der Waals surface area (Å²) in [5.41, 5.74) is 4.06. The Labute approximate surface area is 179 Å². The SMILES string of the molecule is CCCN1C(c2ccccc2)CN(c2ccccc2)C1c1ccccc1.[I-]. The van der Waals surface area contributed by atoms with Gasteiger partial charge in [0.1, 0.15) is 6.17 Å². The summed E-state index contributed by atoms with van der Waals surface area (Å²) in [4.78, 5) is 5.22. The van der Waals surface area contributed by atoms with Crippen LogP contribution < -0.4 is 28.9 Å². The minimum absolute atomic E-state index is 0. The molecule has 1 aliphatic heterocycles. The molecule has 3 heteroatoms. The van der Waals surface area contributed by atoms with Crippen molar-refractivity contribution in [2.45, 2.75) is 25.6 Å². The molecule has 1 aliphatic rings. The minimum Gasteiger partial charge on any atom is -1.00 e. The molecule has 3 aromatic carbocycles. The zero-order valence-corrected chi connectivity index (χ0v) is 17.9. The smallest absolute Gasteiger partial charge is 0.109 e. The molecule has 1 heterocycles. The van der Waals surface area contributed by atoms with E-state index in [1.807, 2.05) is 0 Å². The van der Waals surface area contributed by atoms with Gasteiger partial charge in [0.05, 0.1) is 6.04 Å². The Bertz CT molecular complexity index is 808. The second-order valence-corrected chi connectivity index (χ2v) is 6.94. The zero-order valence-electron chi connectivity index (χ0n) is 15.7. The van der Waals surface area contributed by atoms with Crippen LogP contribution in [-0.4, -0.2) is 18.0 Å². The van der Waals surface area contributed by atoms with Crippen LogP contribution in [0.3, 0.4) is 0 Å². The maximum absolute atomic E-state index is 2.66. The summed E-state index contributed by atoms with van der Waals surface area (Å²) in [5.74, 6) is 0. The number of hydrogen-bond acceptors (Lipinski definition) is 2. The summed E-state index contributed by atoms with van der Waals surface area (Å²) in [6, 6.07) is 33.1. The van der Waals surface area contributed by atoms with Crippen molar-refractivity contribution in [2.24, 2.45) is 0 Å². The highest BCUT2D eigenvalue weighted by Crippen LogP contribution is 2.43. The van der Waals surface area contributed by atoms with E-state index in [0.29, 0.717) is 6.04 Å². The van der Waals surface area contributed by atoms with E-state index in [4.69, 9.17) is 0 Å². The molecule has 1 saturated heterocycles. The van der Waals surface area contributed by atoms with Crippen molar-refractivity contribution in [1.29, 1.82) is 0 Å². The van der Waals surface area contributed by atoms with E-state index in [1.54, 1.807) is 0 Å². The van der Waals surface area contributed by atoms with Gasteiger partial charge in [-0.2, -0.15) is 0 Å². The first-order chi connectivity index (χ1) is 12.9. The van der Waals surface area contributed by atoms with Crippen LogP contribution in [0.2, 0.25) is 0 Å². The molecule has 2 nitrogen and oxygen atoms in total. The molecular formula is C24H26IN2-. The Hall–Kier alpha value is -1.85. The molecule has 0 saturated carbocycles. The maximum Gasteiger partial charge on any atom is 0.109 e. The van der Waals surface area contributed by atoms with Crippen LogP contribution >= 0.6 is 0 Å². The Balaban J connectivity index is 0.00000210. The fraction of sp³-hybridized carbons (Fsp3) is 0.250. The predicted octanol–water partition coefficient (Wildman–Crippen LogP) is 2.66. The summed E-state index contributed by atoms with van der Waals surface area (Å²) in [5, 5.41) is 0. The number of halogens is 1. The number of anilines is 1. The summed E-state index contributed by atoms with van der Waals surface area (Å²) in [6.07, 6.45) is 1.42. The van der Waals surface area contributed by atoms with Gasteiger partial charge < -0.3 is 28.9 Å². The van der Waals surface area contributed by atoms with Crippen molar-refractivity contribution in [3.63, 3.8) is 0 Å². The van der Waals surface area contributed by atoms with Crippen LogP contribution in [0.4, 0.5) is 5.69 Å². The van der Waals surface area contributed by atoms with Gasteiger partial charge in [-0.1, -0.05) is 85.8 Å². The number of hydrogen-bond donors (Lipinski definition) is 0. The number of para-hydroxylation sites is 1. The number of nitrogens with zero attached hydrogens (tertiary/aromatic N) is 2. The van der Waals surface area contributed by atoms with Gasteiger partial charge in [-0.25, -0.2) is 0 Å². The minimum atomic E-state index is 0. The van der Waals surface area contributed by atoms with E-state index in [0.717, 1.165) is 19.5 Å². The van der Waals surface area contributed by atoms with Crippen LogP contribution in [0.1, 0.15) is 36.7 Å². The first-order valence-corrected chi connectivity index (χ1v) is 9.56. The fourth-order valence-electron chi connectivity index (χ4n) is 4.11. The Morgan fingerprint density at radius 2 is 1.26 bits per heavy atom. The second-order valence-electron chi connectivity index (χ2n) is 6.94. The molecule has 140 valence electrons. The molecule has 0 aliphatic carbocycles. The van der Waals surface area contributed by atoms with Gasteiger partial charge in [0.15, 0.2) is 0 Å². The van der Waals surface area contributed by atoms with Crippen LogP contribution in [0, 0.1) is 0 Å². The lowest BCUT2D eigenvalue weighted by atomic mass is 10.1. The lowest BCUT2D eigenvalue weighted by Gasteiger charge is -2.33. The fourth-order valence-corrected chi connectivity index (χ4v) is 4.11. The highest BCUT2D eigenvalue weighted by molar-refractivity contribution is 5.51. The van der Waals surface area contributed by atoms with Crippen molar-refractivity contribution in [2.75, 3.05) is 18.0 Å². The Kier molecular flexibility index (Phi) is 6.91. The molecule has 0 spiro atoms. The van der Waals surface area contributed by atoms with Gasteiger partial charge in [-0.05, 0) is 29.7 Å². The predicted molar refractivity (Wildman–Crippen MR) is 109 cm³/mol. The highest BCUT2D eigenvalue weighted by Gasteiger charge is 2.40. The third-order valence-corrected chi connectivity index (χ3v) is 5.23. The topological polar surface area (TPSA) is 6.48 Å². The molecule has 27 heavy (non-hydrogen) atoms. The van der Waals surface area contributed by atoms with Gasteiger partial charge in [-0.15, -0.1) is 0 Å². The van der Waals surface area contributed by atoms with E-state index >= 15 is 0 Å². The zero-order chi connectivity index (χ0) is 17.8. The van der Waals surface area contributed by atoms with Gasteiger partial charge in [-0.3, -0.25) is 4.90 Å². The van der Waals surface area contributed by atoms with Crippen molar-refractivity contribution in [3.05, 3.63) is 102 Å². The van der Waals surface area contributed by atoms with Gasteiger partial charge in [0, 0.05) is 18.8 Å². The molecule has 1 fully saturated rings. The van der Waals surface area contributed by atoms with E-state index < -0.39 is 0 Å². The van der Waals surface area contributed by atoms with Gasteiger partial charge >= 0.3 is 0 Å². The molecule has 2 atom stereocenters. The lowest BCUT2D eigenvalue weighted by Crippen LogP contribution is -3.00. The second kappa shape index (κ2) is 9.38. The molecule has 0 amide bonds. The number of benzene rings is 3. The normalized spacial score (nSPS) is 19.7. The average Bonchev–Trinajstić information content (AvgIpc) is 3.10. The summed E-state index contributed by atoms with van der Waals surface area (Å²) in [7, 11) is 0. The summed E-state index contributed by atoms with van der Waals surface area (Å²) in [6.45, 7) is 4.37. The molecule has 0 radical (unpaired) electrons. The van der Waals surface area contributed by atoms with Crippen LogP contribution in [0.25, 0.3) is 0 Å².